The topological polar surface area (TPSA) is 108 Å². The number of hydrogen-bond acceptors (Lipinski definition) is 6. The fourth-order valence-corrected chi connectivity index (χ4v) is 8.48. The van der Waals surface area contributed by atoms with E-state index < -0.39 is 20.0 Å². The minimum Gasteiger partial charge on any atom is -0.756 e. The van der Waals surface area contributed by atoms with E-state index in [-0.39, 0.29) is 19.1 Å². The molecule has 0 rings (SSSR count). The van der Waals surface area contributed by atoms with Gasteiger partial charge in [-0.05, 0) is 32.1 Å². The molecule has 0 aliphatic rings. The number of phosphoric acid groups is 1. The maximum absolute atomic E-state index is 12.9. The van der Waals surface area contributed by atoms with E-state index in [0.29, 0.717) is 17.4 Å². The van der Waals surface area contributed by atoms with Gasteiger partial charge in [0.1, 0.15) is 13.2 Å². The average Bonchev–Trinajstić information content (AvgIpc) is 3.21. The highest BCUT2D eigenvalue weighted by atomic mass is 31.2. The Morgan fingerprint density at radius 3 is 1.33 bits per heavy atom. The summed E-state index contributed by atoms with van der Waals surface area (Å²) in [6, 6.07) is -0.898. The highest BCUT2D eigenvalue weighted by Crippen LogP contribution is 2.38. The van der Waals surface area contributed by atoms with Crippen LogP contribution in [0.5, 0.6) is 0 Å². The third-order valence-corrected chi connectivity index (χ3v) is 12.9. The Hall–Kier alpha value is -1.02. The highest BCUT2D eigenvalue weighted by molar-refractivity contribution is 7.45. The first-order chi connectivity index (χ1) is 29.5. The highest BCUT2D eigenvalue weighted by Gasteiger charge is 2.23. The number of phosphoric ester groups is 1. The van der Waals surface area contributed by atoms with Gasteiger partial charge in [0, 0.05) is 6.42 Å². The van der Waals surface area contributed by atoms with Crippen LogP contribution in [-0.4, -0.2) is 68.5 Å². The number of carbonyl (C=O) groups is 1. The molecule has 0 radical (unpaired) electrons. The lowest BCUT2D eigenvalue weighted by molar-refractivity contribution is -0.870. The fourth-order valence-electron chi connectivity index (χ4n) is 7.76. The predicted molar refractivity (Wildman–Crippen MR) is 261 cm³/mol. The van der Waals surface area contributed by atoms with Crippen molar-refractivity contribution in [1.29, 1.82) is 0 Å². The average molecular weight is 883 g/mol. The summed E-state index contributed by atoms with van der Waals surface area (Å²) in [5.41, 5.74) is 0. The molecule has 0 aromatic carbocycles. The number of nitrogens with zero attached hydrogens (tertiary/aromatic N) is 1. The van der Waals surface area contributed by atoms with Gasteiger partial charge in [-0.15, -0.1) is 0 Å². The molecule has 0 saturated carbocycles. The van der Waals surface area contributed by atoms with E-state index >= 15 is 0 Å². The van der Waals surface area contributed by atoms with Crippen LogP contribution in [-0.2, 0) is 18.4 Å². The minimum absolute atomic E-state index is 0.00412. The van der Waals surface area contributed by atoms with Crippen LogP contribution >= 0.6 is 7.82 Å². The molecule has 0 aromatic heterocycles. The van der Waals surface area contributed by atoms with Crippen molar-refractivity contribution < 1.29 is 32.9 Å². The number of aliphatic hydroxyl groups excluding tert-OH is 1. The van der Waals surface area contributed by atoms with Crippen molar-refractivity contribution in [2.45, 2.75) is 264 Å². The van der Waals surface area contributed by atoms with Crippen molar-refractivity contribution in [2.75, 3.05) is 40.9 Å². The van der Waals surface area contributed by atoms with Gasteiger partial charge in [-0.25, -0.2) is 0 Å². The second kappa shape index (κ2) is 44.2. The third-order valence-electron chi connectivity index (χ3n) is 11.9. The zero-order valence-electron chi connectivity index (χ0n) is 41.1. The molecule has 3 unspecified atom stereocenters. The molecule has 0 aliphatic carbocycles. The molecule has 2 N–H and O–H groups in total. The second-order valence-corrected chi connectivity index (χ2v) is 20.6. The number of likely N-dealkylation sites (N-methyl/N-ethyl adjacent to an activating group) is 1. The Balaban J connectivity index is 4.21. The van der Waals surface area contributed by atoms with Crippen LogP contribution in [0.15, 0.2) is 24.3 Å². The van der Waals surface area contributed by atoms with Crippen LogP contribution in [0.2, 0.25) is 0 Å². The number of hydrogen-bond donors (Lipinski definition) is 2. The van der Waals surface area contributed by atoms with E-state index in [1.54, 1.807) is 6.08 Å². The molecule has 0 aliphatic heterocycles. The molecule has 0 aromatic rings. The summed E-state index contributed by atoms with van der Waals surface area (Å²) in [6.45, 7) is 4.64. The van der Waals surface area contributed by atoms with E-state index in [4.69, 9.17) is 9.05 Å². The fraction of sp³-hybridized carbons (Fsp3) is 0.904. The maximum atomic E-state index is 12.9. The first-order valence-electron chi connectivity index (χ1n) is 26.2. The van der Waals surface area contributed by atoms with Gasteiger partial charge < -0.3 is 28.8 Å². The summed E-state index contributed by atoms with van der Waals surface area (Å²) >= 11 is 0. The van der Waals surface area contributed by atoms with E-state index in [9.17, 15) is 19.4 Å². The van der Waals surface area contributed by atoms with Crippen molar-refractivity contribution in [3.05, 3.63) is 24.3 Å². The van der Waals surface area contributed by atoms with Crippen LogP contribution in [0.25, 0.3) is 0 Å². The minimum atomic E-state index is -4.59. The Morgan fingerprint density at radius 1 is 0.557 bits per heavy atom. The van der Waals surface area contributed by atoms with Crippen molar-refractivity contribution in [2.24, 2.45) is 0 Å². The van der Waals surface area contributed by atoms with E-state index in [0.717, 1.165) is 38.5 Å². The number of allylic oxidation sites excluding steroid dienone is 3. The second-order valence-electron chi connectivity index (χ2n) is 19.2. The quantitative estimate of drug-likeness (QED) is 0.0273. The lowest BCUT2D eigenvalue weighted by Gasteiger charge is -2.29. The summed E-state index contributed by atoms with van der Waals surface area (Å²) in [6.07, 6.45) is 54.0. The van der Waals surface area contributed by atoms with E-state index in [2.05, 4.69) is 31.3 Å². The number of quaternary nitrogens is 1. The van der Waals surface area contributed by atoms with Gasteiger partial charge in [0.2, 0.25) is 5.91 Å². The molecule has 8 nitrogen and oxygen atoms in total. The Bertz CT molecular complexity index is 1050. The van der Waals surface area contributed by atoms with E-state index in [1.165, 1.54) is 193 Å². The summed E-state index contributed by atoms with van der Waals surface area (Å²) in [7, 11) is 1.25. The number of amides is 1. The number of unbranched alkanes of at least 4 members (excludes halogenated alkanes) is 33. The number of nitrogens with one attached hydrogen (secondary N) is 1. The summed E-state index contributed by atoms with van der Waals surface area (Å²) in [5.74, 6) is -0.206. The summed E-state index contributed by atoms with van der Waals surface area (Å²) in [5, 5.41) is 13.8. The molecule has 0 fully saturated rings. The normalized spacial score (nSPS) is 14.3. The molecule has 61 heavy (non-hydrogen) atoms. The van der Waals surface area contributed by atoms with Crippen LogP contribution in [0.1, 0.15) is 251 Å². The van der Waals surface area contributed by atoms with Gasteiger partial charge in [-0.2, -0.15) is 0 Å². The molecular formula is C52H103N2O6P. The zero-order chi connectivity index (χ0) is 45.0. The smallest absolute Gasteiger partial charge is 0.268 e. The largest absolute Gasteiger partial charge is 0.756 e. The lowest BCUT2D eigenvalue weighted by Crippen LogP contribution is -2.45. The lowest BCUT2D eigenvalue weighted by atomic mass is 10.0. The number of carbonyl (C=O) groups excluding carboxylic acids is 1. The molecule has 3 atom stereocenters. The van der Waals surface area contributed by atoms with Crippen molar-refractivity contribution in [1.82, 2.24) is 5.32 Å². The molecule has 0 spiro atoms. The molecule has 0 saturated heterocycles. The molecule has 0 heterocycles. The van der Waals surface area contributed by atoms with Crippen molar-refractivity contribution in [3.63, 3.8) is 0 Å². The summed E-state index contributed by atoms with van der Waals surface area (Å²) in [4.78, 5) is 25.3. The molecule has 9 heteroatoms. The molecule has 0 bridgehead atoms. The molecule has 362 valence electrons. The van der Waals surface area contributed by atoms with Crippen LogP contribution in [0.4, 0.5) is 0 Å². The van der Waals surface area contributed by atoms with Gasteiger partial charge >= 0.3 is 0 Å². The Kier molecular flexibility index (Phi) is 43.5. The zero-order valence-corrected chi connectivity index (χ0v) is 42.0. The van der Waals surface area contributed by atoms with Crippen LogP contribution in [0.3, 0.4) is 0 Å². The predicted octanol–water partition coefficient (Wildman–Crippen LogP) is 14.6. The third kappa shape index (κ3) is 46.8. The van der Waals surface area contributed by atoms with Gasteiger partial charge in [-0.1, -0.05) is 237 Å². The number of aliphatic hydroxyl groups is 1. The Labute approximate surface area is 379 Å². The van der Waals surface area contributed by atoms with E-state index in [1.807, 2.05) is 27.2 Å². The SMILES string of the molecule is CCCCCCCCCCCCCCCCCCCCCCC/C=C/CC/C=C/C(O)C(COP(=O)([O-])OCC[N+](C)(C)C)NC(=O)CCCCCCCCCCCCCC. The first kappa shape index (κ1) is 60.0. The van der Waals surface area contributed by atoms with Crippen molar-refractivity contribution in [3.8, 4) is 0 Å². The van der Waals surface area contributed by atoms with Gasteiger partial charge in [0.15, 0.2) is 0 Å². The van der Waals surface area contributed by atoms with Gasteiger partial charge in [-0.3, -0.25) is 9.36 Å². The standard InChI is InChI=1S/C52H103N2O6P/c1-6-8-10-12-14-16-18-20-21-22-23-24-25-26-27-28-29-30-31-32-33-34-35-37-39-41-43-45-51(55)50(49-60-61(57,58)59-48-47-54(3,4)5)53-52(56)46-44-42-40-38-36-19-17-15-13-11-9-7-2/h35,37,43,45,50-51,55H,6-34,36,38-42,44,46-49H2,1-5H3,(H-,53,56,57,58)/b37-35+,45-43+. The molecule has 1 amide bonds. The maximum Gasteiger partial charge on any atom is 0.268 e. The molecular weight excluding hydrogens is 780 g/mol. The summed E-state index contributed by atoms with van der Waals surface area (Å²) < 4.78 is 23.2. The van der Waals surface area contributed by atoms with Gasteiger partial charge in [0.05, 0.1) is 39.9 Å². The van der Waals surface area contributed by atoms with Gasteiger partial charge in [0.25, 0.3) is 7.82 Å². The first-order valence-corrected chi connectivity index (χ1v) is 27.7. The Morgan fingerprint density at radius 2 is 0.918 bits per heavy atom. The monoisotopic (exact) mass is 883 g/mol. The number of rotatable bonds is 48. The van der Waals surface area contributed by atoms with Crippen LogP contribution < -0.4 is 10.2 Å². The van der Waals surface area contributed by atoms with Crippen LogP contribution in [0, 0.1) is 0 Å². The van der Waals surface area contributed by atoms with Crippen molar-refractivity contribution >= 4 is 13.7 Å².